The normalized spacial score (nSPS) is 12.4. The van der Waals surface area contributed by atoms with Crippen LogP contribution < -0.4 is 9.80 Å². The smallest absolute Gasteiger partial charge is 0.159 e. The molecule has 6 aromatic heterocycles. The lowest BCUT2D eigenvalue weighted by atomic mass is 9.89. The zero-order valence-corrected chi connectivity index (χ0v) is 53.9. The summed E-state index contributed by atoms with van der Waals surface area (Å²) in [6.45, 7) is 13.4. The molecule has 460 valence electrons. The van der Waals surface area contributed by atoms with Crippen molar-refractivity contribution in [1.29, 1.82) is 0 Å². The Morgan fingerprint density at radius 2 is 0.806 bits per heavy atom. The molecule has 20 aromatic rings. The predicted molar refractivity (Wildman–Crippen MR) is 413 cm³/mol. The second-order valence-electron chi connectivity index (χ2n) is 25.9. The lowest BCUT2D eigenvalue weighted by Crippen LogP contribution is -2.18. The molecular formula is C92H60N4O2. The number of para-hydroxylation sites is 5. The third kappa shape index (κ3) is 7.79. The van der Waals surface area contributed by atoms with E-state index in [4.69, 9.17) is 8.83 Å². The minimum Gasteiger partial charge on any atom is -0.454 e. The summed E-state index contributed by atoms with van der Waals surface area (Å²) < 4.78 is 19.2. The van der Waals surface area contributed by atoms with Crippen LogP contribution in [0.5, 0.6) is 0 Å². The molecule has 6 heteroatoms. The number of hydrogen-bond acceptors (Lipinski definition) is 4. The minimum absolute atomic E-state index is 0.809. The number of nitrogens with zero attached hydrogens (tertiary/aromatic N) is 4. The molecule has 0 atom stereocenters. The Hall–Kier alpha value is -12.9. The Labute approximate surface area is 564 Å². The van der Waals surface area contributed by atoms with E-state index >= 15 is 0 Å². The molecule has 0 amide bonds. The van der Waals surface area contributed by atoms with Crippen LogP contribution in [0.2, 0.25) is 0 Å². The molecule has 20 rings (SSSR count). The number of rotatable bonds is 12. The molecule has 0 bridgehead atoms. The van der Waals surface area contributed by atoms with Crippen LogP contribution in [-0.4, -0.2) is 8.80 Å². The van der Waals surface area contributed by atoms with Crippen LogP contribution in [0, 0.1) is 13.8 Å². The fourth-order valence-electron chi connectivity index (χ4n) is 16.6. The van der Waals surface area contributed by atoms with Gasteiger partial charge in [-0.2, -0.15) is 0 Å². The van der Waals surface area contributed by atoms with Crippen molar-refractivity contribution in [3.8, 4) is 33.4 Å². The molecule has 14 aromatic carbocycles. The summed E-state index contributed by atoms with van der Waals surface area (Å²) in [5.41, 5.74) is 27.3. The molecule has 0 saturated carbocycles. The highest BCUT2D eigenvalue weighted by atomic mass is 16.3. The maximum atomic E-state index is 7.00. The third-order valence-corrected chi connectivity index (χ3v) is 20.7. The molecule has 98 heavy (non-hydrogen) atoms. The Balaban J connectivity index is 0.885. The molecule has 6 nitrogen and oxygen atoms in total. The van der Waals surface area contributed by atoms with Crippen molar-refractivity contribution >= 4 is 154 Å². The number of fused-ring (bicyclic) bond motifs is 18. The number of anilines is 5. The molecule has 0 aliphatic rings. The molecule has 0 unspecified atom stereocenters. The first-order valence-corrected chi connectivity index (χ1v) is 33.6. The number of hydrogen-bond donors (Lipinski definition) is 0. The predicted octanol–water partition coefficient (Wildman–Crippen LogP) is 25.8. The van der Waals surface area contributed by atoms with E-state index in [0.717, 1.165) is 150 Å². The molecular weight excluding hydrogens is 1190 g/mol. The fourth-order valence-corrected chi connectivity index (χ4v) is 16.6. The van der Waals surface area contributed by atoms with E-state index in [9.17, 15) is 0 Å². The van der Waals surface area contributed by atoms with Gasteiger partial charge < -0.3 is 27.4 Å². The van der Waals surface area contributed by atoms with Crippen LogP contribution in [0.15, 0.2) is 331 Å². The summed E-state index contributed by atoms with van der Waals surface area (Å²) >= 11 is 0. The van der Waals surface area contributed by atoms with Gasteiger partial charge in [0, 0.05) is 98.3 Å². The zero-order valence-electron chi connectivity index (χ0n) is 53.9. The number of aryl methyl sites for hydroxylation is 2. The van der Waals surface area contributed by atoms with Crippen molar-refractivity contribution in [2.24, 2.45) is 0 Å². The van der Waals surface area contributed by atoms with Crippen molar-refractivity contribution in [2.45, 2.75) is 13.8 Å². The first-order valence-electron chi connectivity index (χ1n) is 33.6. The van der Waals surface area contributed by atoms with E-state index in [1.807, 2.05) is 18.2 Å². The van der Waals surface area contributed by atoms with Gasteiger partial charge >= 0.3 is 0 Å². The number of benzene rings is 14. The van der Waals surface area contributed by atoms with Gasteiger partial charge in [-0.05, 0) is 108 Å². The van der Waals surface area contributed by atoms with Gasteiger partial charge in [0.15, 0.2) is 11.2 Å². The second kappa shape index (κ2) is 21.3. The summed E-state index contributed by atoms with van der Waals surface area (Å²) in [5, 5.41) is 13.7. The monoisotopic (exact) mass is 1250 g/mol. The first-order chi connectivity index (χ1) is 48.4. The number of furan rings is 2. The van der Waals surface area contributed by atoms with Crippen molar-refractivity contribution in [1.82, 2.24) is 8.80 Å². The average molecular weight is 1250 g/mol. The van der Waals surface area contributed by atoms with E-state index in [-0.39, 0.29) is 0 Å². The highest BCUT2D eigenvalue weighted by Gasteiger charge is 2.33. The lowest BCUT2D eigenvalue weighted by molar-refractivity contribution is 0.668. The zero-order chi connectivity index (χ0) is 65.0. The van der Waals surface area contributed by atoms with Crippen molar-refractivity contribution in [3.05, 3.63) is 339 Å². The van der Waals surface area contributed by atoms with Crippen LogP contribution in [0.4, 0.5) is 28.4 Å². The molecule has 0 radical (unpaired) electrons. The van der Waals surface area contributed by atoms with Crippen molar-refractivity contribution in [3.63, 3.8) is 0 Å². The van der Waals surface area contributed by atoms with E-state index < -0.39 is 0 Å². The first kappa shape index (κ1) is 55.5. The lowest BCUT2D eigenvalue weighted by Gasteiger charge is -2.30. The third-order valence-electron chi connectivity index (χ3n) is 20.7. The van der Waals surface area contributed by atoms with Gasteiger partial charge in [0.05, 0.1) is 55.9 Å². The SMILES string of the molecule is C=C/C(=C(\C=C)N(c1ccc2c(c1)c1cccc3c4c(-c5ccccc5)c5c(c(-c6ccccc6)c4n2c13)c1cccc2c3cc(N(c4ccccc4-c4ccccc4)c4c(C)ccc6c4oc4ccccc46)ccc3n5c21)c1c(C)ccc2c1oc1ccccc12)c1ccccc1. The van der Waals surface area contributed by atoms with Gasteiger partial charge in [0.2, 0.25) is 0 Å². The molecule has 0 aliphatic carbocycles. The molecule has 0 fully saturated rings. The van der Waals surface area contributed by atoms with Crippen molar-refractivity contribution in [2.75, 3.05) is 9.80 Å². The highest BCUT2D eigenvalue weighted by Crippen LogP contribution is 2.56. The van der Waals surface area contributed by atoms with Gasteiger partial charge in [-0.1, -0.05) is 256 Å². The molecule has 0 N–H and O–H groups in total. The maximum Gasteiger partial charge on any atom is 0.159 e. The van der Waals surface area contributed by atoms with Crippen LogP contribution in [0.1, 0.15) is 16.7 Å². The summed E-state index contributed by atoms with van der Waals surface area (Å²) in [6, 6.07) is 106. The quantitative estimate of drug-likeness (QED) is 0.114. The van der Waals surface area contributed by atoms with Gasteiger partial charge in [-0.3, -0.25) is 0 Å². The van der Waals surface area contributed by atoms with Gasteiger partial charge in [0.25, 0.3) is 0 Å². The van der Waals surface area contributed by atoms with E-state index in [1.165, 1.54) is 60.1 Å². The van der Waals surface area contributed by atoms with Crippen LogP contribution in [0.25, 0.3) is 159 Å². The summed E-state index contributed by atoms with van der Waals surface area (Å²) in [5.74, 6) is 0. The van der Waals surface area contributed by atoms with Crippen LogP contribution in [-0.2, 0) is 0 Å². The standard InChI is InChI=1S/C92H60N4O2/c1-5-63(57-27-11-7-12-28-57)75(6-2)93(85-55(3)45-49-69-65-36-20-23-43-79(65)97-91(69)85)61-47-51-77-73(53-61)67-38-25-40-71-83-82(60-33-17-10-18-34-60)90-84(81(59-31-15-9-16-32-59)89(83)95(77)87(67)71)72-41-26-39-68-74-54-62(48-52-78(74)96(90)88(68)72)94(76-42-22-19-35-64(76)58-29-13-8-14-30-58)86-56(4)46-50-70-66-37-21-24-44-80(66)98-92(70)86/h5-54H,1-2H2,3-4H3/b75-63-. The Morgan fingerprint density at radius 3 is 1.36 bits per heavy atom. The van der Waals surface area contributed by atoms with Gasteiger partial charge in [0.1, 0.15) is 11.2 Å². The Kier molecular flexibility index (Phi) is 12.1. The highest BCUT2D eigenvalue weighted by molar-refractivity contribution is 6.38. The van der Waals surface area contributed by atoms with Gasteiger partial charge in [-0.25, -0.2) is 0 Å². The number of aromatic nitrogens is 2. The molecule has 6 heterocycles. The largest absolute Gasteiger partial charge is 0.454 e. The minimum atomic E-state index is 0.809. The fraction of sp³-hybridized carbons (Fsp3) is 0.0217. The summed E-state index contributed by atoms with van der Waals surface area (Å²) in [4.78, 5) is 4.80. The average Bonchev–Trinajstić information content (AvgIpc) is 1.49. The van der Waals surface area contributed by atoms with E-state index in [2.05, 4.69) is 331 Å². The van der Waals surface area contributed by atoms with Crippen molar-refractivity contribution < 1.29 is 8.83 Å². The topological polar surface area (TPSA) is 41.6 Å². The van der Waals surface area contributed by atoms with Crippen LogP contribution in [0.3, 0.4) is 0 Å². The molecule has 0 spiro atoms. The second-order valence-corrected chi connectivity index (χ2v) is 25.9. The molecule has 0 saturated heterocycles. The Bertz CT molecular complexity index is 6730. The van der Waals surface area contributed by atoms with E-state index in [1.54, 1.807) is 0 Å². The maximum absolute atomic E-state index is 7.00. The van der Waals surface area contributed by atoms with Crippen LogP contribution >= 0.6 is 0 Å². The summed E-state index contributed by atoms with van der Waals surface area (Å²) in [6.07, 6.45) is 3.93. The van der Waals surface area contributed by atoms with E-state index in [0.29, 0.717) is 0 Å². The molecule has 0 aliphatic heterocycles. The Morgan fingerprint density at radius 1 is 0.357 bits per heavy atom. The van der Waals surface area contributed by atoms with Gasteiger partial charge in [-0.15, -0.1) is 0 Å². The number of allylic oxidation sites excluding steroid dienone is 3. The summed E-state index contributed by atoms with van der Waals surface area (Å²) in [7, 11) is 0.